The fourth-order valence-electron chi connectivity index (χ4n) is 2.51. The van der Waals surface area contributed by atoms with E-state index in [0.29, 0.717) is 6.42 Å². The molecule has 1 rings (SSSR count). The van der Waals surface area contributed by atoms with Crippen molar-refractivity contribution in [3.05, 3.63) is 0 Å². The number of hydrogen-bond donors (Lipinski definition) is 0. The molecule has 0 spiro atoms. The molecule has 0 atom stereocenters. The average Bonchev–Trinajstić information content (AvgIpc) is 2.14. The molecule has 0 aromatic heterocycles. The van der Waals surface area contributed by atoms with E-state index in [4.69, 9.17) is 0 Å². The predicted octanol–water partition coefficient (Wildman–Crippen LogP) is 5.09. The van der Waals surface area contributed by atoms with Gasteiger partial charge in [-0.3, -0.25) is 0 Å². The Kier molecular flexibility index (Phi) is 3.89. The van der Waals surface area contributed by atoms with E-state index in [9.17, 15) is 35.1 Å². The van der Waals surface area contributed by atoms with E-state index >= 15 is 0 Å². The molecule has 0 unspecified atom stereocenters. The van der Waals surface area contributed by atoms with Crippen LogP contribution in [0, 0.1) is 5.41 Å². The summed E-state index contributed by atoms with van der Waals surface area (Å²) in [6.45, 7) is 0. The van der Waals surface area contributed by atoms with E-state index in [2.05, 4.69) is 0 Å². The van der Waals surface area contributed by atoms with Gasteiger partial charge in [0.25, 0.3) is 0 Å². The van der Waals surface area contributed by atoms with Crippen LogP contribution < -0.4 is 0 Å². The fraction of sp³-hybridized carbons (Fsp3) is 1.00. The van der Waals surface area contributed by atoms with Crippen molar-refractivity contribution in [1.82, 2.24) is 0 Å². The lowest BCUT2D eigenvalue weighted by Crippen LogP contribution is -2.54. The third-order valence-corrected chi connectivity index (χ3v) is 3.37. The van der Waals surface area contributed by atoms with Gasteiger partial charge in [-0.2, -0.15) is 35.1 Å². The molecule has 1 saturated carbocycles. The summed E-state index contributed by atoms with van der Waals surface area (Å²) in [4.78, 5) is 0. The van der Waals surface area contributed by atoms with Crippen molar-refractivity contribution >= 4 is 0 Å². The number of hydrogen-bond acceptors (Lipinski definition) is 0. The highest BCUT2D eigenvalue weighted by Crippen LogP contribution is 2.59. The molecule has 1 fully saturated rings. The Morgan fingerprint density at radius 1 is 0.722 bits per heavy atom. The lowest BCUT2D eigenvalue weighted by atomic mass is 9.67. The van der Waals surface area contributed by atoms with Gasteiger partial charge in [0.05, 0.1) is 11.8 Å². The Morgan fingerprint density at radius 2 is 1.17 bits per heavy atom. The molecule has 0 nitrogen and oxygen atoms in total. The first-order valence-corrected chi connectivity index (χ1v) is 5.43. The van der Waals surface area contributed by atoms with Gasteiger partial charge in [-0.15, -0.1) is 0 Å². The van der Waals surface area contributed by atoms with E-state index < -0.39 is 43.0 Å². The molecule has 8 heteroatoms. The third-order valence-electron chi connectivity index (χ3n) is 3.37. The Bertz CT molecular complexity index is 281. The minimum absolute atomic E-state index is 0.0399. The molecule has 0 saturated heterocycles. The third kappa shape index (κ3) is 2.88. The van der Waals surface area contributed by atoms with E-state index in [-0.39, 0.29) is 12.8 Å². The van der Waals surface area contributed by atoms with E-state index in [1.807, 2.05) is 0 Å². The van der Waals surface area contributed by atoms with Crippen molar-refractivity contribution in [2.75, 3.05) is 0 Å². The second-order valence-corrected chi connectivity index (χ2v) is 4.71. The average molecular weight is 284 g/mol. The lowest BCUT2D eigenvalue weighted by Gasteiger charge is -2.44. The van der Waals surface area contributed by atoms with Gasteiger partial charge in [-0.1, -0.05) is 19.3 Å². The summed E-state index contributed by atoms with van der Waals surface area (Å²) in [5.74, 6) is -5.31. The molecule has 0 N–H and O–H groups in total. The normalized spacial score (nSPS) is 22.0. The molecule has 1 aliphatic rings. The van der Waals surface area contributed by atoms with Crippen LogP contribution in [-0.2, 0) is 0 Å². The van der Waals surface area contributed by atoms with Crippen molar-refractivity contribution in [2.24, 2.45) is 5.41 Å². The Labute approximate surface area is 98.3 Å². The van der Waals surface area contributed by atoms with Gasteiger partial charge in [0.1, 0.15) is 0 Å². The first-order valence-electron chi connectivity index (χ1n) is 5.43. The smallest absolute Gasteiger partial charge is 0.196 e. The highest BCUT2D eigenvalue weighted by molar-refractivity contribution is 4.99. The fourth-order valence-corrected chi connectivity index (χ4v) is 2.51. The molecular formula is C10H12F8. The molecule has 0 amide bonds. The molecule has 0 bridgehead atoms. The van der Waals surface area contributed by atoms with E-state index in [1.165, 1.54) is 0 Å². The summed E-state index contributed by atoms with van der Waals surface area (Å²) in [6.07, 6.45) is -14.3. The SMILES string of the molecule is FC(F)(F)CC1(C(F)(F)C(F)(F)F)CCCCC1. The summed E-state index contributed by atoms with van der Waals surface area (Å²) in [7, 11) is 0. The minimum atomic E-state index is -5.95. The molecule has 0 aromatic carbocycles. The van der Waals surface area contributed by atoms with Crippen LogP contribution in [0.2, 0.25) is 0 Å². The largest absolute Gasteiger partial charge is 0.453 e. The van der Waals surface area contributed by atoms with Gasteiger partial charge in [0.2, 0.25) is 0 Å². The Morgan fingerprint density at radius 3 is 1.50 bits per heavy atom. The second kappa shape index (κ2) is 4.52. The zero-order chi connectivity index (χ0) is 14.2. The molecule has 18 heavy (non-hydrogen) atoms. The van der Waals surface area contributed by atoms with Crippen LogP contribution in [0.15, 0.2) is 0 Å². The van der Waals surface area contributed by atoms with Gasteiger partial charge in [-0.05, 0) is 12.8 Å². The van der Waals surface area contributed by atoms with Gasteiger partial charge in [0, 0.05) is 0 Å². The monoisotopic (exact) mass is 284 g/mol. The van der Waals surface area contributed by atoms with Gasteiger partial charge in [-0.25, -0.2) is 0 Å². The standard InChI is InChI=1S/C10H12F8/c11-8(12,13)6-7(4-2-1-3-5-7)9(14,15)10(16,17)18/h1-6H2. The maximum absolute atomic E-state index is 13.4. The van der Waals surface area contributed by atoms with Gasteiger partial charge < -0.3 is 0 Å². The lowest BCUT2D eigenvalue weighted by molar-refractivity contribution is -0.344. The van der Waals surface area contributed by atoms with Crippen LogP contribution in [0.1, 0.15) is 38.5 Å². The van der Waals surface area contributed by atoms with Crippen LogP contribution in [-0.4, -0.2) is 18.3 Å². The molecule has 1 aliphatic carbocycles. The molecule has 0 radical (unpaired) electrons. The second-order valence-electron chi connectivity index (χ2n) is 4.71. The van der Waals surface area contributed by atoms with Gasteiger partial charge in [0.15, 0.2) is 0 Å². The van der Waals surface area contributed by atoms with Crippen LogP contribution in [0.4, 0.5) is 35.1 Å². The predicted molar refractivity (Wildman–Crippen MR) is 47.2 cm³/mol. The van der Waals surface area contributed by atoms with Crippen LogP contribution in [0.3, 0.4) is 0 Å². The summed E-state index contributed by atoms with van der Waals surface area (Å²) in [5, 5.41) is 0. The van der Waals surface area contributed by atoms with Gasteiger partial charge >= 0.3 is 18.3 Å². The number of rotatable bonds is 2. The highest BCUT2D eigenvalue weighted by atomic mass is 19.4. The number of halogens is 8. The summed E-state index contributed by atoms with van der Waals surface area (Å²) in [5.41, 5.74) is -3.04. The van der Waals surface area contributed by atoms with Crippen molar-refractivity contribution < 1.29 is 35.1 Å². The van der Waals surface area contributed by atoms with Crippen LogP contribution >= 0.6 is 0 Å². The van der Waals surface area contributed by atoms with Crippen molar-refractivity contribution in [3.63, 3.8) is 0 Å². The molecule has 108 valence electrons. The maximum atomic E-state index is 13.4. The molecule has 0 aromatic rings. The zero-order valence-electron chi connectivity index (χ0n) is 9.27. The molecule has 0 heterocycles. The Hall–Kier alpha value is -0.560. The highest BCUT2D eigenvalue weighted by Gasteiger charge is 2.71. The Balaban J connectivity index is 3.12. The molecular weight excluding hydrogens is 272 g/mol. The van der Waals surface area contributed by atoms with Crippen molar-refractivity contribution in [2.45, 2.75) is 56.8 Å². The summed E-state index contributed by atoms with van der Waals surface area (Å²) >= 11 is 0. The molecule has 0 aliphatic heterocycles. The quantitative estimate of drug-likeness (QED) is 0.620. The minimum Gasteiger partial charge on any atom is -0.196 e. The first kappa shape index (κ1) is 15.5. The van der Waals surface area contributed by atoms with Crippen LogP contribution in [0.5, 0.6) is 0 Å². The van der Waals surface area contributed by atoms with Crippen LogP contribution in [0.25, 0.3) is 0 Å². The summed E-state index contributed by atoms with van der Waals surface area (Å²) < 4.78 is 101. The maximum Gasteiger partial charge on any atom is 0.453 e. The zero-order valence-corrected chi connectivity index (χ0v) is 9.27. The van der Waals surface area contributed by atoms with E-state index in [1.54, 1.807) is 0 Å². The number of alkyl halides is 8. The van der Waals surface area contributed by atoms with E-state index in [0.717, 1.165) is 0 Å². The topological polar surface area (TPSA) is 0 Å². The summed E-state index contributed by atoms with van der Waals surface area (Å²) in [6, 6.07) is 0. The first-order chi connectivity index (χ1) is 7.91. The van der Waals surface area contributed by atoms with Crippen molar-refractivity contribution in [3.8, 4) is 0 Å². The van der Waals surface area contributed by atoms with Crippen molar-refractivity contribution in [1.29, 1.82) is 0 Å².